The molecule has 4 aliphatic carbocycles. The Labute approximate surface area is 235 Å². The Bertz CT molecular complexity index is 1540. The van der Waals surface area contributed by atoms with Gasteiger partial charge in [-0.25, -0.2) is 0 Å². The van der Waals surface area contributed by atoms with E-state index in [4.69, 9.17) is 0 Å². The summed E-state index contributed by atoms with van der Waals surface area (Å²) in [4.78, 5) is 0. The van der Waals surface area contributed by atoms with Gasteiger partial charge >= 0.3 is 0 Å². The lowest BCUT2D eigenvalue weighted by Crippen LogP contribution is -2.28. The maximum absolute atomic E-state index is 3.87. The minimum absolute atomic E-state index is 0.268. The predicted molar refractivity (Wildman–Crippen MR) is 162 cm³/mol. The summed E-state index contributed by atoms with van der Waals surface area (Å²) in [6, 6.07) is 31.3. The second kappa shape index (κ2) is 7.95. The number of benzene rings is 4. The highest BCUT2D eigenvalue weighted by Crippen LogP contribution is 2.64. The summed E-state index contributed by atoms with van der Waals surface area (Å²) in [7, 11) is 0. The molecule has 190 valence electrons. The Balaban J connectivity index is 1.48. The molecule has 0 aromatic heterocycles. The first-order valence-corrected chi connectivity index (χ1v) is 15.4. The van der Waals surface area contributed by atoms with Gasteiger partial charge in [0, 0.05) is 4.47 Å². The topological polar surface area (TPSA) is 0 Å². The van der Waals surface area contributed by atoms with Gasteiger partial charge in [-0.15, -0.1) is 0 Å². The molecule has 8 rings (SSSR count). The maximum Gasteiger partial charge on any atom is 0.0726 e. The van der Waals surface area contributed by atoms with E-state index in [2.05, 4.69) is 109 Å². The van der Waals surface area contributed by atoms with Crippen LogP contribution in [0.2, 0.25) is 0 Å². The SMILES string of the molecule is CC1(c2ccc3c(c2)C2(c4ccccc4-c4ccc(Br)cc42)c2cc(C4(C)CCCC4)ccc2-3)CCCC1. The molecule has 0 N–H and O–H groups in total. The molecule has 0 saturated heterocycles. The zero-order chi connectivity index (χ0) is 25.7. The third kappa shape index (κ3) is 2.92. The maximum atomic E-state index is 3.87. The average Bonchev–Trinajstić information content (AvgIpc) is 3.70. The van der Waals surface area contributed by atoms with Crippen LogP contribution in [0.3, 0.4) is 0 Å². The Morgan fingerprint density at radius 1 is 0.500 bits per heavy atom. The summed E-state index contributed by atoms with van der Waals surface area (Å²) < 4.78 is 1.16. The van der Waals surface area contributed by atoms with Crippen molar-refractivity contribution in [1.29, 1.82) is 0 Å². The van der Waals surface area contributed by atoms with E-state index in [9.17, 15) is 0 Å². The summed E-state index contributed by atoms with van der Waals surface area (Å²) in [5, 5.41) is 0. The van der Waals surface area contributed by atoms with Crippen molar-refractivity contribution in [3.05, 3.63) is 117 Å². The van der Waals surface area contributed by atoms with Crippen molar-refractivity contribution in [2.75, 3.05) is 0 Å². The lowest BCUT2D eigenvalue weighted by atomic mass is 9.68. The van der Waals surface area contributed by atoms with Crippen molar-refractivity contribution in [3.63, 3.8) is 0 Å². The molecule has 0 unspecified atom stereocenters. The monoisotopic (exact) mass is 558 g/mol. The Kier molecular flexibility index (Phi) is 4.87. The van der Waals surface area contributed by atoms with Gasteiger partial charge in [-0.05, 0) is 104 Å². The van der Waals surface area contributed by atoms with Crippen LogP contribution in [0.1, 0.15) is 98.6 Å². The van der Waals surface area contributed by atoms with E-state index in [0.717, 1.165) is 4.47 Å². The van der Waals surface area contributed by atoms with Gasteiger partial charge in [0.1, 0.15) is 0 Å². The summed E-state index contributed by atoms with van der Waals surface area (Å²) >= 11 is 3.87. The van der Waals surface area contributed by atoms with E-state index in [0.29, 0.717) is 0 Å². The van der Waals surface area contributed by atoms with Crippen LogP contribution in [-0.4, -0.2) is 0 Å². The Hall–Kier alpha value is -2.64. The third-order valence-electron chi connectivity index (χ3n) is 11.0. The first-order chi connectivity index (χ1) is 18.4. The lowest BCUT2D eigenvalue weighted by molar-refractivity contribution is 0.489. The highest BCUT2D eigenvalue weighted by atomic mass is 79.9. The molecule has 0 radical (unpaired) electrons. The zero-order valence-electron chi connectivity index (χ0n) is 22.5. The van der Waals surface area contributed by atoms with Gasteiger partial charge < -0.3 is 0 Å². The molecule has 0 nitrogen and oxygen atoms in total. The summed E-state index contributed by atoms with van der Waals surface area (Å²) in [5.41, 5.74) is 14.9. The number of hydrogen-bond acceptors (Lipinski definition) is 0. The molecular formula is C37H35Br. The molecule has 4 aliphatic rings. The largest absolute Gasteiger partial charge is 0.0726 e. The third-order valence-corrected chi connectivity index (χ3v) is 11.4. The predicted octanol–water partition coefficient (Wildman–Crippen LogP) is 10.5. The second-order valence-electron chi connectivity index (χ2n) is 13.0. The van der Waals surface area contributed by atoms with Crippen LogP contribution in [0.15, 0.2) is 83.3 Å². The van der Waals surface area contributed by atoms with Crippen LogP contribution >= 0.6 is 15.9 Å². The second-order valence-corrected chi connectivity index (χ2v) is 14.0. The average molecular weight is 560 g/mol. The number of fused-ring (bicyclic) bond motifs is 10. The van der Waals surface area contributed by atoms with E-state index in [1.54, 1.807) is 0 Å². The van der Waals surface area contributed by atoms with Crippen molar-refractivity contribution in [2.45, 2.75) is 81.5 Å². The number of rotatable bonds is 2. The van der Waals surface area contributed by atoms with Crippen molar-refractivity contribution in [2.24, 2.45) is 0 Å². The van der Waals surface area contributed by atoms with Crippen molar-refractivity contribution in [3.8, 4) is 22.3 Å². The van der Waals surface area contributed by atoms with Gasteiger partial charge in [0.2, 0.25) is 0 Å². The van der Waals surface area contributed by atoms with Gasteiger partial charge in [-0.1, -0.05) is 122 Å². The molecule has 0 heterocycles. The van der Waals surface area contributed by atoms with Gasteiger partial charge in [-0.3, -0.25) is 0 Å². The fourth-order valence-electron chi connectivity index (χ4n) is 8.79. The molecular weight excluding hydrogens is 524 g/mol. The van der Waals surface area contributed by atoms with Gasteiger partial charge in [-0.2, -0.15) is 0 Å². The van der Waals surface area contributed by atoms with Crippen LogP contribution in [0.4, 0.5) is 0 Å². The van der Waals surface area contributed by atoms with Crippen LogP contribution in [-0.2, 0) is 16.2 Å². The smallest absolute Gasteiger partial charge is 0.0619 e. The first-order valence-electron chi connectivity index (χ1n) is 14.6. The Morgan fingerprint density at radius 2 is 0.947 bits per heavy atom. The summed E-state index contributed by atoms with van der Waals surface area (Å²) in [6.07, 6.45) is 10.6. The van der Waals surface area contributed by atoms with E-state index in [1.807, 2.05) is 0 Å². The normalized spacial score (nSPS) is 20.8. The Morgan fingerprint density at radius 3 is 1.50 bits per heavy atom. The molecule has 4 aromatic rings. The molecule has 2 fully saturated rings. The van der Waals surface area contributed by atoms with E-state index < -0.39 is 0 Å². The van der Waals surface area contributed by atoms with E-state index >= 15 is 0 Å². The van der Waals surface area contributed by atoms with E-state index in [1.165, 1.54) is 107 Å². The molecule has 38 heavy (non-hydrogen) atoms. The van der Waals surface area contributed by atoms with Crippen LogP contribution in [0, 0.1) is 0 Å². The zero-order valence-corrected chi connectivity index (χ0v) is 24.1. The van der Waals surface area contributed by atoms with Crippen molar-refractivity contribution >= 4 is 15.9 Å². The first kappa shape index (κ1) is 23.3. The van der Waals surface area contributed by atoms with Crippen LogP contribution in [0.25, 0.3) is 22.3 Å². The van der Waals surface area contributed by atoms with E-state index in [-0.39, 0.29) is 16.2 Å². The molecule has 0 aliphatic heterocycles. The fourth-order valence-corrected chi connectivity index (χ4v) is 9.16. The minimum Gasteiger partial charge on any atom is -0.0619 e. The molecule has 2 saturated carbocycles. The number of hydrogen-bond donors (Lipinski definition) is 0. The summed E-state index contributed by atoms with van der Waals surface area (Å²) in [5.74, 6) is 0. The highest BCUT2D eigenvalue weighted by Gasteiger charge is 2.52. The van der Waals surface area contributed by atoms with Gasteiger partial charge in [0.05, 0.1) is 5.41 Å². The minimum atomic E-state index is -0.268. The quantitative estimate of drug-likeness (QED) is 0.198. The lowest BCUT2D eigenvalue weighted by Gasteiger charge is -2.33. The van der Waals surface area contributed by atoms with Gasteiger partial charge in [0.15, 0.2) is 0 Å². The molecule has 0 atom stereocenters. The molecule has 1 heteroatoms. The van der Waals surface area contributed by atoms with Crippen molar-refractivity contribution in [1.82, 2.24) is 0 Å². The molecule has 0 amide bonds. The molecule has 1 spiro atoms. The highest BCUT2D eigenvalue weighted by molar-refractivity contribution is 9.10. The standard InChI is InChI=1S/C37H35Br/c1-35(17-5-6-18-35)24-11-14-28-29-15-12-25(36(2)19-7-8-20-36)22-33(29)37(32(28)21-24)31-10-4-3-9-27(31)30-16-13-26(38)23-34(30)37/h3-4,9-16,21-23H,5-8,17-20H2,1-2H3. The fraction of sp³-hybridized carbons (Fsp3) is 0.351. The van der Waals surface area contributed by atoms with Gasteiger partial charge in [0.25, 0.3) is 0 Å². The summed E-state index contributed by atoms with van der Waals surface area (Å²) in [6.45, 7) is 5.01. The van der Waals surface area contributed by atoms with Crippen LogP contribution in [0.5, 0.6) is 0 Å². The molecule has 4 aromatic carbocycles. The van der Waals surface area contributed by atoms with Crippen LogP contribution < -0.4 is 0 Å². The molecule has 0 bridgehead atoms. The number of halogens is 1. The van der Waals surface area contributed by atoms with Crippen molar-refractivity contribution < 1.29 is 0 Å².